The normalized spacial score (nSPS) is 26.3. The lowest BCUT2D eigenvalue weighted by molar-refractivity contribution is -0.139. The predicted molar refractivity (Wildman–Crippen MR) is 110 cm³/mol. The van der Waals surface area contributed by atoms with Gasteiger partial charge in [0.1, 0.15) is 0 Å². The highest BCUT2D eigenvalue weighted by atomic mass is 16.2. The number of likely N-dealkylation sites (tertiary alicyclic amines) is 1. The Kier molecular flexibility index (Phi) is 3.55. The maximum Gasteiger partial charge on any atom is 0.234 e. The Balaban J connectivity index is 1.42. The van der Waals surface area contributed by atoms with Crippen LogP contribution in [-0.2, 0) is 16.0 Å². The van der Waals surface area contributed by atoms with Gasteiger partial charge in [-0.25, -0.2) is 0 Å². The molecule has 1 fully saturated rings. The van der Waals surface area contributed by atoms with Gasteiger partial charge in [-0.3, -0.25) is 14.5 Å². The van der Waals surface area contributed by atoms with Crippen LogP contribution in [0.1, 0.15) is 39.7 Å². The van der Waals surface area contributed by atoms with Gasteiger partial charge in [-0.2, -0.15) is 0 Å². The second-order valence-electron chi connectivity index (χ2n) is 8.33. The quantitative estimate of drug-likeness (QED) is 0.642. The molecule has 0 radical (unpaired) electrons. The molecule has 29 heavy (non-hydrogen) atoms. The van der Waals surface area contributed by atoms with Crippen molar-refractivity contribution in [1.82, 2.24) is 4.90 Å². The van der Waals surface area contributed by atoms with Gasteiger partial charge in [-0.15, -0.1) is 0 Å². The van der Waals surface area contributed by atoms with E-state index in [-0.39, 0.29) is 35.5 Å². The molecule has 3 aliphatic carbocycles. The Morgan fingerprint density at radius 1 is 0.586 bits per heavy atom. The van der Waals surface area contributed by atoms with Crippen molar-refractivity contribution in [2.45, 2.75) is 18.3 Å². The average molecular weight is 379 g/mol. The molecule has 1 unspecified atom stereocenters. The number of hydrogen-bond donors (Lipinski definition) is 0. The maximum atomic E-state index is 13.5. The molecule has 4 aliphatic rings. The van der Waals surface area contributed by atoms with Crippen molar-refractivity contribution in [2.24, 2.45) is 11.8 Å². The molecule has 0 spiro atoms. The molecule has 3 nitrogen and oxygen atoms in total. The minimum atomic E-state index is -0.270. The van der Waals surface area contributed by atoms with Crippen LogP contribution in [0, 0.1) is 11.8 Å². The Morgan fingerprint density at radius 3 is 1.45 bits per heavy atom. The lowest BCUT2D eigenvalue weighted by Gasteiger charge is -2.45. The molecule has 1 aliphatic heterocycles. The minimum Gasteiger partial charge on any atom is -0.282 e. The van der Waals surface area contributed by atoms with E-state index in [2.05, 4.69) is 24.3 Å². The SMILES string of the molecule is O=C1C2C3c4ccccc4C(c4ccccc43)[C@@H]2C(=O)N1CCc1ccccc1. The lowest BCUT2D eigenvalue weighted by atomic mass is 9.55. The van der Waals surface area contributed by atoms with Crippen molar-refractivity contribution in [3.05, 3.63) is 107 Å². The van der Waals surface area contributed by atoms with E-state index < -0.39 is 0 Å². The van der Waals surface area contributed by atoms with E-state index in [0.717, 1.165) is 5.56 Å². The van der Waals surface area contributed by atoms with Crippen LogP contribution in [0.4, 0.5) is 0 Å². The third-order valence-electron chi connectivity index (χ3n) is 7.01. The highest BCUT2D eigenvalue weighted by Crippen LogP contribution is 2.60. The molecule has 2 atom stereocenters. The molecule has 142 valence electrons. The van der Waals surface area contributed by atoms with Crippen LogP contribution >= 0.6 is 0 Å². The number of hydrogen-bond acceptors (Lipinski definition) is 2. The number of benzene rings is 3. The van der Waals surface area contributed by atoms with Crippen molar-refractivity contribution < 1.29 is 9.59 Å². The minimum absolute atomic E-state index is 0.00920. The number of imide groups is 1. The molecule has 1 saturated heterocycles. The Labute approximate surface area is 170 Å². The van der Waals surface area contributed by atoms with E-state index in [0.29, 0.717) is 13.0 Å². The topological polar surface area (TPSA) is 37.4 Å². The van der Waals surface area contributed by atoms with Gasteiger partial charge in [-0.05, 0) is 34.2 Å². The van der Waals surface area contributed by atoms with Crippen molar-refractivity contribution in [3.63, 3.8) is 0 Å². The fourth-order valence-electron chi connectivity index (χ4n) is 5.85. The van der Waals surface area contributed by atoms with Gasteiger partial charge < -0.3 is 0 Å². The fraction of sp³-hybridized carbons (Fsp3) is 0.231. The Hall–Kier alpha value is -3.20. The van der Waals surface area contributed by atoms with Gasteiger partial charge in [0, 0.05) is 18.4 Å². The Morgan fingerprint density at radius 2 is 1.00 bits per heavy atom. The van der Waals surface area contributed by atoms with Crippen molar-refractivity contribution >= 4 is 11.8 Å². The summed E-state index contributed by atoms with van der Waals surface area (Å²) in [5, 5.41) is 0. The van der Waals surface area contributed by atoms with Gasteiger partial charge >= 0.3 is 0 Å². The molecular formula is C26H21NO2. The average Bonchev–Trinajstić information content (AvgIpc) is 3.03. The zero-order chi connectivity index (χ0) is 19.5. The number of rotatable bonds is 3. The van der Waals surface area contributed by atoms with Gasteiger partial charge in [-0.1, -0.05) is 78.9 Å². The van der Waals surface area contributed by atoms with Crippen LogP contribution in [0.3, 0.4) is 0 Å². The third kappa shape index (κ3) is 2.24. The van der Waals surface area contributed by atoms with Gasteiger partial charge in [0.15, 0.2) is 0 Å². The summed E-state index contributed by atoms with van der Waals surface area (Å²) >= 11 is 0. The van der Waals surface area contributed by atoms with Crippen molar-refractivity contribution in [2.75, 3.05) is 6.54 Å². The third-order valence-corrected chi connectivity index (χ3v) is 7.01. The first-order valence-electron chi connectivity index (χ1n) is 10.3. The maximum absolute atomic E-state index is 13.5. The summed E-state index contributed by atoms with van der Waals surface area (Å²) in [6.45, 7) is 0.459. The monoisotopic (exact) mass is 379 g/mol. The van der Waals surface area contributed by atoms with E-state index in [9.17, 15) is 9.59 Å². The highest BCUT2D eigenvalue weighted by Gasteiger charge is 2.61. The number of carbonyl (C=O) groups excluding carboxylic acids is 2. The molecule has 1 heterocycles. The molecule has 3 aromatic carbocycles. The highest BCUT2D eigenvalue weighted by molar-refractivity contribution is 6.07. The van der Waals surface area contributed by atoms with E-state index >= 15 is 0 Å². The van der Waals surface area contributed by atoms with Crippen LogP contribution in [0.25, 0.3) is 0 Å². The van der Waals surface area contributed by atoms with Gasteiger partial charge in [0.05, 0.1) is 11.8 Å². The summed E-state index contributed by atoms with van der Waals surface area (Å²) < 4.78 is 0. The molecule has 7 rings (SSSR count). The second kappa shape index (κ2) is 6.15. The van der Waals surface area contributed by atoms with E-state index in [1.54, 1.807) is 4.90 Å². The summed E-state index contributed by atoms with van der Waals surface area (Å²) in [5.74, 6) is -0.558. The number of amides is 2. The molecule has 3 heteroatoms. The van der Waals surface area contributed by atoms with E-state index in [4.69, 9.17) is 0 Å². The number of carbonyl (C=O) groups is 2. The van der Waals surface area contributed by atoms with Crippen molar-refractivity contribution in [1.29, 1.82) is 0 Å². The van der Waals surface area contributed by atoms with E-state index in [1.807, 2.05) is 54.6 Å². The fourth-order valence-corrected chi connectivity index (χ4v) is 5.85. The van der Waals surface area contributed by atoms with Crippen LogP contribution in [0.5, 0.6) is 0 Å². The van der Waals surface area contributed by atoms with Gasteiger partial charge in [0.25, 0.3) is 0 Å². The number of nitrogens with zero attached hydrogens (tertiary/aromatic N) is 1. The van der Waals surface area contributed by atoms with Crippen molar-refractivity contribution in [3.8, 4) is 0 Å². The zero-order valence-electron chi connectivity index (χ0n) is 16.0. The first-order chi connectivity index (χ1) is 14.3. The summed E-state index contributed by atoms with van der Waals surface area (Å²) in [6, 6.07) is 26.8. The zero-order valence-corrected chi connectivity index (χ0v) is 16.0. The van der Waals surface area contributed by atoms with Gasteiger partial charge in [0.2, 0.25) is 11.8 Å². The van der Waals surface area contributed by atoms with Crippen LogP contribution in [0.15, 0.2) is 78.9 Å². The summed E-state index contributed by atoms with van der Waals surface area (Å²) in [6.07, 6.45) is 0.701. The molecule has 0 saturated carbocycles. The second-order valence-corrected chi connectivity index (χ2v) is 8.33. The van der Waals surface area contributed by atoms with Crippen LogP contribution in [-0.4, -0.2) is 23.3 Å². The molecule has 0 aromatic heterocycles. The smallest absolute Gasteiger partial charge is 0.234 e. The molecular weight excluding hydrogens is 358 g/mol. The summed E-state index contributed by atoms with van der Waals surface area (Å²) in [7, 11) is 0. The van der Waals surface area contributed by atoms with Crippen LogP contribution in [0.2, 0.25) is 0 Å². The molecule has 2 amide bonds. The lowest BCUT2D eigenvalue weighted by Crippen LogP contribution is -2.41. The Bertz CT molecular complexity index is 1020. The summed E-state index contributed by atoms with van der Waals surface area (Å²) in [4.78, 5) is 28.5. The first kappa shape index (κ1) is 16.7. The standard InChI is InChI=1S/C26H21NO2/c28-25-23-21-17-10-4-5-11-18(17)22(20-13-7-6-12-19(20)21)24(23)26(29)27(25)15-14-16-8-2-1-3-9-16/h1-13,21-24H,14-15H2/t21?,22?,23-,24?/m0/s1. The van der Waals surface area contributed by atoms with E-state index in [1.165, 1.54) is 22.3 Å². The molecule has 0 N–H and O–H groups in total. The molecule has 3 aromatic rings. The largest absolute Gasteiger partial charge is 0.282 e. The van der Waals surface area contributed by atoms with Crippen LogP contribution < -0.4 is 0 Å². The summed E-state index contributed by atoms with van der Waals surface area (Å²) in [5.41, 5.74) is 6.05. The molecule has 2 bridgehead atoms. The first-order valence-corrected chi connectivity index (χ1v) is 10.3. The predicted octanol–water partition coefficient (Wildman–Crippen LogP) is 4.12.